The Morgan fingerprint density at radius 1 is 0.852 bits per heavy atom. The Kier molecular flexibility index (Phi) is 4.48. The zero-order chi connectivity index (χ0) is 18.7. The zero-order valence-electron chi connectivity index (χ0n) is 14.3. The van der Waals surface area contributed by atoms with Gasteiger partial charge in [-0.25, -0.2) is 8.42 Å². The Balaban J connectivity index is 1.58. The monoisotopic (exact) mass is 375 g/mol. The van der Waals surface area contributed by atoms with Gasteiger partial charge >= 0.3 is 0 Å². The van der Waals surface area contributed by atoms with E-state index >= 15 is 0 Å². The molecular formula is C21H17N3O2S. The summed E-state index contributed by atoms with van der Waals surface area (Å²) in [6.07, 6.45) is 3.81. The van der Waals surface area contributed by atoms with E-state index in [0.717, 1.165) is 22.2 Å². The third-order valence-electron chi connectivity index (χ3n) is 4.13. The molecule has 1 heterocycles. The van der Waals surface area contributed by atoms with Crippen molar-refractivity contribution < 1.29 is 8.42 Å². The van der Waals surface area contributed by atoms with Crippen LogP contribution in [0.15, 0.2) is 83.8 Å². The maximum absolute atomic E-state index is 12.5. The van der Waals surface area contributed by atoms with E-state index in [9.17, 15) is 8.42 Å². The minimum absolute atomic E-state index is 0.230. The molecule has 4 rings (SSSR count). The third kappa shape index (κ3) is 3.75. The molecule has 0 radical (unpaired) electrons. The molecule has 0 aliphatic carbocycles. The van der Waals surface area contributed by atoms with Crippen LogP contribution < -0.4 is 4.72 Å². The number of para-hydroxylation sites is 1. The number of rotatable bonds is 5. The van der Waals surface area contributed by atoms with Crippen molar-refractivity contribution in [3.63, 3.8) is 0 Å². The van der Waals surface area contributed by atoms with Gasteiger partial charge in [-0.05, 0) is 42.0 Å². The fourth-order valence-electron chi connectivity index (χ4n) is 2.81. The minimum Gasteiger partial charge on any atom is -0.280 e. The normalized spacial score (nSPS) is 11.9. The molecule has 0 unspecified atom stereocenters. The van der Waals surface area contributed by atoms with Gasteiger partial charge < -0.3 is 0 Å². The molecule has 2 N–H and O–H groups in total. The molecule has 0 saturated heterocycles. The van der Waals surface area contributed by atoms with Crippen LogP contribution in [0.4, 0.5) is 5.69 Å². The van der Waals surface area contributed by atoms with Crippen molar-refractivity contribution in [1.82, 2.24) is 10.2 Å². The molecule has 0 bridgehead atoms. The average Bonchev–Trinajstić information content (AvgIpc) is 3.10. The fourth-order valence-corrected chi connectivity index (χ4v) is 3.88. The molecule has 1 aromatic heterocycles. The number of benzene rings is 3. The lowest BCUT2D eigenvalue weighted by molar-refractivity contribution is 0.601. The number of nitrogens with zero attached hydrogens (tertiary/aromatic N) is 1. The second-order valence-electron chi connectivity index (χ2n) is 6.03. The molecule has 6 heteroatoms. The standard InChI is InChI=1S/C21H17N3O2S/c25-27(26,18-9-2-1-3-10-18)24-17-8-6-7-16(15-17)13-14-21-19-11-4-5-12-20(19)22-23-21/h1-15,24H,(H,22,23)/b14-13+. The molecule has 0 atom stereocenters. The summed E-state index contributed by atoms with van der Waals surface area (Å²) in [5, 5.41) is 8.34. The van der Waals surface area contributed by atoms with Gasteiger partial charge in [0, 0.05) is 11.1 Å². The van der Waals surface area contributed by atoms with Gasteiger partial charge in [0.15, 0.2) is 0 Å². The summed E-state index contributed by atoms with van der Waals surface area (Å²) in [7, 11) is -3.61. The number of hydrogen-bond acceptors (Lipinski definition) is 3. The molecule has 3 aromatic carbocycles. The van der Waals surface area contributed by atoms with Gasteiger partial charge in [0.25, 0.3) is 10.0 Å². The molecule has 5 nitrogen and oxygen atoms in total. The number of hydrogen-bond donors (Lipinski definition) is 2. The summed E-state index contributed by atoms with van der Waals surface area (Å²) < 4.78 is 27.5. The average molecular weight is 375 g/mol. The summed E-state index contributed by atoms with van der Waals surface area (Å²) in [5.74, 6) is 0. The number of aromatic amines is 1. The smallest absolute Gasteiger partial charge is 0.261 e. The summed E-state index contributed by atoms with van der Waals surface area (Å²) in [6.45, 7) is 0. The van der Waals surface area contributed by atoms with Gasteiger partial charge in [-0.3, -0.25) is 9.82 Å². The first kappa shape index (κ1) is 17.1. The van der Waals surface area contributed by atoms with E-state index < -0.39 is 10.0 Å². The Morgan fingerprint density at radius 3 is 2.48 bits per heavy atom. The van der Waals surface area contributed by atoms with Crippen LogP contribution in [0, 0.1) is 0 Å². The third-order valence-corrected chi connectivity index (χ3v) is 5.52. The second-order valence-corrected chi connectivity index (χ2v) is 7.71. The molecule has 0 aliphatic heterocycles. The number of aromatic nitrogens is 2. The highest BCUT2D eigenvalue weighted by Crippen LogP contribution is 2.20. The number of sulfonamides is 1. The predicted molar refractivity (Wildman–Crippen MR) is 109 cm³/mol. The highest BCUT2D eigenvalue weighted by atomic mass is 32.2. The van der Waals surface area contributed by atoms with Crippen LogP contribution in [0.1, 0.15) is 11.3 Å². The number of H-pyrrole nitrogens is 1. The highest BCUT2D eigenvalue weighted by molar-refractivity contribution is 7.92. The van der Waals surface area contributed by atoms with Crippen molar-refractivity contribution in [2.75, 3.05) is 4.72 Å². The summed E-state index contributed by atoms with van der Waals surface area (Å²) in [4.78, 5) is 0.230. The molecule has 0 saturated carbocycles. The molecule has 134 valence electrons. The van der Waals surface area contributed by atoms with Crippen LogP contribution in [-0.2, 0) is 10.0 Å². The maximum Gasteiger partial charge on any atom is 0.261 e. The van der Waals surface area contributed by atoms with E-state index in [1.807, 2.05) is 48.6 Å². The van der Waals surface area contributed by atoms with Crippen LogP contribution in [0.2, 0.25) is 0 Å². The van der Waals surface area contributed by atoms with E-state index in [-0.39, 0.29) is 4.90 Å². The lowest BCUT2D eigenvalue weighted by Gasteiger charge is -2.08. The second kappa shape index (κ2) is 7.09. The highest BCUT2D eigenvalue weighted by Gasteiger charge is 2.13. The predicted octanol–water partition coefficient (Wildman–Crippen LogP) is 4.53. The molecule has 0 aliphatic rings. The number of fused-ring (bicyclic) bond motifs is 1. The lowest BCUT2D eigenvalue weighted by Crippen LogP contribution is -2.12. The van der Waals surface area contributed by atoms with Gasteiger partial charge in [-0.15, -0.1) is 0 Å². The molecule has 27 heavy (non-hydrogen) atoms. The van der Waals surface area contributed by atoms with Crippen molar-refractivity contribution in [1.29, 1.82) is 0 Å². The van der Waals surface area contributed by atoms with Crippen LogP contribution in [-0.4, -0.2) is 18.6 Å². The van der Waals surface area contributed by atoms with Crippen molar-refractivity contribution in [2.45, 2.75) is 4.90 Å². The molecule has 0 fully saturated rings. The van der Waals surface area contributed by atoms with E-state index in [0.29, 0.717) is 5.69 Å². The van der Waals surface area contributed by atoms with Crippen LogP contribution >= 0.6 is 0 Å². The Morgan fingerprint density at radius 2 is 1.63 bits per heavy atom. The number of nitrogens with one attached hydrogen (secondary N) is 2. The van der Waals surface area contributed by atoms with E-state index in [1.54, 1.807) is 42.5 Å². The summed E-state index contributed by atoms with van der Waals surface area (Å²) in [5.41, 5.74) is 3.19. The van der Waals surface area contributed by atoms with Crippen molar-refractivity contribution in [3.05, 3.63) is 90.1 Å². The first-order chi connectivity index (χ1) is 13.1. The van der Waals surface area contributed by atoms with Gasteiger partial charge in [0.1, 0.15) is 0 Å². The van der Waals surface area contributed by atoms with Gasteiger partial charge in [-0.1, -0.05) is 54.6 Å². The SMILES string of the molecule is O=S(=O)(Nc1cccc(/C=C/c2n[nH]c3ccccc23)c1)c1ccccc1. The van der Waals surface area contributed by atoms with Gasteiger partial charge in [0.2, 0.25) is 0 Å². The van der Waals surface area contributed by atoms with Gasteiger partial charge in [-0.2, -0.15) is 5.10 Å². The molecular weight excluding hydrogens is 358 g/mol. The molecule has 4 aromatic rings. The fraction of sp³-hybridized carbons (Fsp3) is 0. The maximum atomic E-state index is 12.5. The van der Waals surface area contributed by atoms with Crippen LogP contribution in [0.3, 0.4) is 0 Å². The van der Waals surface area contributed by atoms with E-state index in [4.69, 9.17) is 0 Å². The Bertz CT molecular complexity index is 1210. The number of anilines is 1. The topological polar surface area (TPSA) is 74.8 Å². The van der Waals surface area contributed by atoms with E-state index in [2.05, 4.69) is 14.9 Å². The Labute approximate surface area is 157 Å². The van der Waals surface area contributed by atoms with Crippen molar-refractivity contribution in [2.24, 2.45) is 0 Å². The van der Waals surface area contributed by atoms with E-state index in [1.165, 1.54) is 0 Å². The quantitative estimate of drug-likeness (QED) is 0.538. The lowest BCUT2D eigenvalue weighted by atomic mass is 10.1. The first-order valence-electron chi connectivity index (χ1n) is 8.41. The zero-order valence-corrected chi connectivity index (χ0v) is 15.1. The molecule has 0 spiro atoms. The van der Waals surface area contributed by atoms with Crippen LogP contribution in [0.25, 0.3) is 23.1 Å². The largest absolute Gasteiger partial charge is 0.280 e. The van der Waals surface area contributed by atoms with Crippen LogP contribution in [0.5, 0.6) is 0 Å². The minimum atomic E-state index is -3.61. The molecule has 0 amide bonds. The summed E-state index contributed by atoms with van der Waals surface area (Å²) >= 11 is 0. The van der Waals surface area contributed by atoms with Crippen molar-refractivity contribution in [3.8, 4) is 0 Å². The first-order valence-corrected chi connectivity index (χ1v) is 9.89. The summed E-state index contributed by atoms with van der Waals surface area (Å²) in [6, 6.07) is 23.4. The van der Waals surface area contributed by atoms with Gasteiger partial charge in [0.05, 0.1) is 16.1 Å². The Hall–Kier alpha value is -3.38. The van der Waals surface area contributed by atoms with Crippen molar-refractivity contribution >= 4 is 38.8 Å².